The molecular formula is C10H14FN3O3S. The van der Waals surface area contributed by atoms with Gasteiger partial charge in [-0.05, 0) is 12.1 Å². The molecule has 0 radical (unpaired) electrons. The Balaban J connectivity index is 2.75. The Hall–Kier alpha value is -1.67. The van der Waals surface area contributed by atoms with Gasteiger partial charge in [-0.1, -0.05) is 6.07 Å². The molecular weight excluding hydrogens is 261 g/mol. The zero-order chi connectivity index (χ0) is 13.8. The first-order valence-electron chi connectivity index (χ1n) is 5.12. The van der Waals surface area contributed by atoms with Crippen molar-refractivity contribution in [2.45, 2.75) is 11.8 Å². The van der Waals surface area contributed by atoms with Crippen LogP contribution in [-0.4, -0.2) is 27.4 Å². The third-order valence-corrected chi connectivity index (χ3v) is 3.61. The second-order valence-electron chi connectivity index (χ2n) is 3.53. The Morgan fingerprint density at radius 1 is 1.39 bits per heavy atom. The van der Waals surface area contributed by atoms with Gasteiger partial charge in [0.2, 0.25) is 15.9 Å². The second-order valence-corrected chi connectivity index (χ2v) is 5.27. The Bertz CT molecular complexity index is 545. The van der Waals surface area contributed by atoms with Crippen LogP contribution in [0.15, 0.2) is 23.1 Å². The summed E-state index contributed by atoms with van der Waals surface area (Å²) in [5, 5.41) is 2.42. The summed E-state index contributed by atoms with van der Waals surface area (Å²) in [7, 11) is -3.88. The van der Waals surface area contributed by atoms with Gasteiger partial charge >= 0.3 is 0 Å². The summed E-state index contributed by atoms with van der Waals surface area (Å²) in [5.74, 6) is -1.06. The molecule has 18 heavy (non-hydrogen) atoms. The first kappa shape index (κ1) is 14.4. The summed E-state index contributed by atoms with van der Waals surface area (Å²) in [5.41, 5.74) is 4.93. The number of carbonyl (C=O) groups is 1. The number of benzene rings is 1. The molecule has 0 bridgehead atoms. The van der Waals surface area contributed by atoms with Crippen molar-refractivity contribution in [1.82, 2.24) is 10.0 Å². The minimum atomic E-state index is -3.88. The number of carbonyl (C=O) groups excluding carboxylic acids is 1. The van der Waals surface area contributed by atoms with E-state index >= 15 is 0 Å². The molecule has 0 aliphatic rings. The molecule has 1 amide bonds. The molecule has 4 N–H and O–H groups in total. The zero-order valence-corrected chi connectivity index (χ0v) is 10.6. The fourth-order valence-electron chi connectivity index (χ4n) is 1.25. The molecule has 8 heteroatoms. The van der Waals surface area contributed by atoms with Gasteiger partial charge in [-0.3, -0.25) is 4.79 Å². The minimum Gasteiger partial charge on any atom is -0.395 e. The fraction of sp³-hybridized carbons (Fsp3) is 0.300. The lowest BCUT2D eigenvalue weighted by Gasteiger charge is -2.09. The molecule has 0 unspecified atom stereocenters. The van der Waals surface area contributed by atoms with Crippen LogP contribution < -0.4 is 15.8 Å². The van der Waals surface area contributed by atoms with Crippen molar-refractivity contribution in [3.8, 4) is 0 Å². The van der Waals surface area contributed by atoms with E-state index in [2.05, 4.69) is 10.0 Å². The SMILES string of the molecule is CC(=O)NCCNS(=O)(=O)c1cccc(F)c1N. The number of amides is 1. The van der Waals surface area contributed by atoms with E-state index in [1.807, 2.05) is 0 Å². The highest BCUT2D eigenvalue weighted by atomic mass is 32.2. The number of anilines is 1. The highest BCUT2D eigenvalue weighted by Crippen LogP contribution is 2.20. The lowest BCUT2D eigenvalue weighted by Crippen LogP contribution is -2.34. The largest absolute Gasteiger partial charge is 0.395 e. The molecule has 1 rings (SSSR count). The quantitative estimate of drug-likeness (QED) is 0.512. The normalized spacial score (nSPS) is 11.2. The number of nitrogen functional groups attached to an aromatic ring is 1. The van der Waals surface area contributed by atoms with E-state index in [4.69, 9.17) is 5.73 Å². The second kappa shape index (κ2) is 5.78. The van der Waals surface area contributed by atoms with Crippen LogP contribution in [-0.2, 0) is 14.8 Å². The maximum Gasteiger partial charge on any atom is 0.242 e. The summed E-state index contributed by atoms with van der Waals surface area (Å²) >= 11 is 0. The van der Waals surface area contributed by atoms with Crippen LogP contribution in [0.4, 0.5) is 10.1 Å². The van der Waals surface area contributed by atoms with Crippen LogP contribution in [0.2, 0.25) is 0 Å². The van der Waals surface area contributed by atoms with Gasteiger partial charge in [0.15, 0.2) is 0 Å². The number of rotatable bonds is 5. The predicted octanol–water partition coefficient (Wildman–Crippen LogP) is -0.178. The summed E-state index contributed by atoms with van der Waals surface area (Å²) in [6.45, 7) is 1.46. The monoisotopic (exact) mass is 275 g/mol. The number of sulfonamides is 1. The van der Waals surface area contributed by atoms with E-state index in [9.17, 15) is 17.6 Å². The fourth-order valence-corrected chi connectivity index (χ4v) is 2.42. The molecule has 0 aromatic heterocycles. The van der Waals surface area contributed by atoms with Crippen molar-refractivity contribution in [3.63, 3.8) is 0 Å². The number of para-hydroxylation sites is 1. The number of nitrogens with one attached hydrogen (secondary N) is 2. The highest BCUT2D eigenvalue weighted by molar-refractivity contribution is 7.89. The van der Waals surface area contributed by atoms with E-state index < -0.39 is 21.5 Å². The van der Waals surface area contributed by atoms with Gasteiger partial charge in [0.1, 0.15) is 10.7 Å². The molecule has 0 aliphatic heterocycles. The third kappa shape index (κ3) is 3.67. The van der Waals surface area contributed by atoms with Gasteiger partial charge in [-0.25, -0.2) is 17.5 Å². The molecule has 0 aliphatic carbocycles. The Morgan fingerprint density at radius 2 is 2.06 bits per heavy atom. The lowest BCUT2D eigenvalue weighted by atomic mass is 10.3. The van der Waals surface area contributed by atoms with Crippen LogP contribution >= 0.6 is 0 Å². The maximum atomic E-state index is 13.1. The Morgan fingerprint density at radius 3 is 2.67 bits per heavy atom. The molecule has 0 saturated heterocycles. The van der Waals surface area contributed by atoms with Crippen LogP contribution in [0.25, 0.3) is 0 Å². The van der Waals surface area contributed by atoms with Crippen molar-refractivity contribution in [2.24, 2.45) is 0 Å². The number of halogens is 1. The summed E-state index contributed by atoms with van der Waals surface area (Å²) in [6, 6.07) is 3.54. The predicted molar refractivity (Wildman–Crippen MR) is 64.7 cm³/mol. The van der Waals surface area contributed by atoms with Gasteiger partial charge < -0.3 is 11.1 Å². The molecule has 1 aromatic carbocycles. The molecule has 0 fully saturated rings. The average Bonchev–Trinajstić information content (AvgIpc) is 2.28. The number of hydrogen-bond acceptors (Lipinski definition) is 4. The molecule has 0 atom stereocenters. The van der Waals surface area contributed by atoms with E-state index in [-0.39, 0.29) is 23.9 Å². The van der Waals surface area contributed by atoms with Crippen LogP contribution in [0.5, 0.6) is 0 Å². The Labute approximate surface area is 104 Å². The maximum absolute atomic E-state index is 13.1. The van der Waals surface area contributed by atoms with Gasteiger partial charge in [-0.2, -0.15) is 0 Å². The smallest absolute Gasteiger partial charge is 0.242 e. The topological polar surface area (TPSA) is 101 Å². The molecule has 100 valence electrons. The first-order chi connectivity index (χ1) is 8.34. The lowest BCUT2D eigenvalue weighted by molar-refractivity contribution is -0.118. The van der Waals surface area contributed by atoms with Gasteiger partial charge in [-0.15, -0.1) is 0 Å². The highest BCUT2D eigenvalue weighted by Gasteiger charge is 2.18. The van der Waals surface area contributed by atoms with E-state index in [0.29, 0.717) is 0 Å². The van der Waals surface area contributed by atoms with Crippen molar-refractivity contribution in [3.05, 3.63) is 24.0 Å². The standard InChI is InChI=1S/C10H14FN3O3S/c1-7(15)13-5-6-14-18(16,17)9-4-2-3-8(11)10(9)12/h2-4,14H,5-6,12H2,1H3,(H,13,15). The van der Waals surface area contributed by atoms with Gasteiger partial charge in [0, 0.05) is 20.0 Å². The Kier molecular flexibility index (Phi) is 4.62. The van der Waals surface area contributed by atoms with Crippen molar-refractivity contribution < 1.29 is 17.6 Å². The average molecular weight is 275 g/mol. The van der Waals surface area contributed by atoms with Crippen molar-refractivity contribution >= 4 is 21.6 Å². The zero-order valence-electron chi connectivity index (χ0n) is 9.73. The van der Waals surface area contributed by atoms with Crippen LogP contribution in [0.3, 0.4) is 0 Å². The molecule has 0 saturated carbocycles. The molecule has 0 spiro atoms. The van der Waals surface area contributed by atoms with Crippen molar-refractivity contribution in [1.29, 1.82) is 0 Å². The molecule has 0 heterocycles. The van der Waals surface area contributed by atoms with Crippen LogP contribution in [0.1, 0.15) is 6.92 Å². The van der Waals surface area contributed by atoms with Crippen LogP contribution in [0, 0.1) is 5.82 Å². The van der Waals surface area contributed by atoms with Gasteiger partial charge in [0.05, 0.1) is 5.69 Å². The van der Waals surface area contributed by atoms with Crippen molar-refractivity contribution in [2.75, 3.05) is 18.8 Å². The summed E-state index contributed by atoms with van der Waals surface area (Å²) in [4.78, 5) is 10.3. The van der Waals surface area contributed by atoms with E-state index in [1.165, 1.54) is 19.1 Å². The van der Waals surface area contributed by atoms with Gasteiger partial charge in [0.25, 0.3) is 0 Å². The number of nitrogens with two attached hydrogens (primary N) is 1. The number of hydrogen-bond donors (Lipinski definition) is 3. The van der Waals surface area contributed by atoms with E-state index in [0.717, 1.165) is 6.07 Å². The summed E-state index contributed by atoms with van der Waals surface area (Å²) < 4.78 is 38.9. The first-order valence-corrected chi connectivity index (χ1v) is 6.61. The molecule has 6 nitrogen and oxygen atoms in total. The summed E-state index contributed by atoms with van der Waals surface area (Å²) in [6.07, 6.45) is 0. The molecule has 1 aromatic rings. The van der Waals surface area contributed by atoms with E-state index in [1.54, 1.807) is 0 Å². The minimum absolute atomic E-state index is 0.00212. The third-order valence-electron chi connectivity index (χ3n) is 2.09.